The van der Waals surface area contributed by atoms with Gasteiger partial charge in [-0.3, -0.25) is 9.69 Å². The Labute approximate surface area is 119 Å². The average Bonchev–Trinajstić information content (AvgIpc) is 2.47. The van der Waals surface area contributed by atoms with E-state index in [4.69, 9.17) is 4.74 Å². The number of phenolic OH excluding ortho intramolecular Hbond substituents is 1. The van der Waals surface area contributed by atoms with Crippen LogP contribution in [0.15, 0.2) is 24.3 Å². The van der Waals surface area contributed by atoms with Crippen LogP contribution in [0.1, 0.15) is 18.5 Å². The number of phenols is 1. The van der Waals surface area contributed by atoms with E-state index < -0.39 is 0 Å². The largest absolute Gasteiger partial charge is 0.508 e. The number of amides is 1. The van der Waals surface area contributed by atoms with E-state index in [9.17, 15) is 9.90 Å². The summed E-state index contributed by atoms with van der Waals surface area (Å²) in [6, 6.07) is 7.24. The summed E-state index contributed by atoms with van der Waals surface area (Å²) in [5.41, 5.74) is 1.00. The first kappa shape index (κ1) is 14.8. The summed E-state index contributed by atoms with van der Waals surface area (Å²) in [4.78, 5) is 16.0. The highest BCUT2D eigenvalue weighted by Gasteiger charge is 2.21. The van der Waals surface area contributed by atoms with E-state index in [0.717, 1.165) is 5.56 Å². The molecule has 1 aromatic rings. The van der Waals surface area contributed by atoms with Crippen molar-refractivity contribution in [1.82, 2.24) is 9.80 Å². The molecule has 0 radical (unpaired) electrons. The van der Waals surface area contributed by atoms with Crippen LogP contribution in [0.4, 0.5) is 0 Å². The smallest absolute Gasteiger partial charge is 0.236 e. The number of carbonyl (C=O) groups excluding carboxylic acids is 1. The fourth-order valence-electron chi connectivity index (χ4n) is 2.30. The highest BCUT2D eigenvalue weighted by molar-refractivity contribution is 5.78. The Hall–Kier alpha value is -1.59. The minimum absolute atomic E-state index is 0.0760. The third kappa shape index (κ3) is 3.71. The zero-order valence-corrected chi connectivity index (χ0v) is 12.1. The van der Waals surface area contributed by atoms with Crippen molar-refractivity contribution in [2.45, 2.75) is 13.0 Å². The molecule has 1 heterocycles. The highest BCUT2D eigenvalue weighted by Crippen LogP contribution is 2.22. The van der Waals surface area contributed by atoms with Crippen LogP contribution in [0.2, 0.25) is 0 Å². The average molecular weight is 278 g/mol. The molecule has 1 atom stereocenters. The van der Waals surface area contributed by atoms with E-state index in [0.29, 0.717) is 32.8 Å². The van der Waals surface area contributed by atoms with Gasteiger partial charge in [-0.05, 0) is 31.7 Å². The second kappa shape index (κ2) is 6.72. The Balaban J connectivity index is 1.93. The molecule has 2 rings (SSSR count). The van der Waals surface area contributed by atoms with E-state index in [2.05, 4.69) is 0 Å². The SMILES string of the molecule is C[C@H](c1cccc(O)c1)N(C)CC(=O)N1CCOCC1. The van der Waals surface area contributed by atoms with Crippen LogP contribution in [-0.4, -0.2) is 60.7 Å². The van der Waals surface area contributed by atoms with E-state index in [1.807, 2.05) is 35.9 Å². The lowest BCUT2D eigenvalue weighted by Gasteiger charge is -2.31. The summed E-state index contributed by atoms with van der Waals surface area (Å²) >= 11 is 0. The van der Waals surface area contributed by atoms with Gasteiger partial charge in [-0.15, -0.1) is 0 Å². The molecule has 0 bridgehead atoms. The molecule has 0 unspecified atom stereocenters. The number of likely N-dealkylation sites (N-methyl/N-ethyl adjacent to an activating group) is 1. The van der Waals surface area contributed by atoms with Crippen LogP contribution in [-0.2, 0) is 9.53 Å². The number of hydrogen-bond acceptors (Lipinski definition) is 4. The molecule has 1 aromatic carbocycles. The summed E-state index contributed by atoms with van der Waals surface area (Å²) in [7, 11) is 1.92. The lowest BCUT2D eigenvalue weighted by atomic mass is 10.1. The minimum atomic E-state index is 0.0760. The van der Waals surface area contributed by atoms with Gasteiger partial charge in [0, 0.05) is 19.1 Å². The maximum absolute atomic E-state index is 12.2. The number of benzene rings is 1. The first-order chi connectivity index (χ1) is 9.58. The molecule has 1 aliphatic heterocycles. The Morgan fingerprint density at radius 1 is 1.45 bits per heavy atom. The lowest BCUT2D eigenvalue weighted by Crippen LogP contribution is -2.45. The van der Waals surface area contributed by atoms with Crippen molar-refractivity contribution >= 4 is 5.91 Å². The number of hydrogen-bond donors (Lipinski definition) is 1. The van der Waals surface area contributed by atoms with Crippen LogP contribution in [0, 0.1) is 0 Å². The normalized spacial score (nSPS) is 17.2. The Kier molecular flexibility index (Phi) is 4.98. The predicted molar refractivity (Wildman–Crippen MR) is 76.6 cm³/mol. The third-order valence-corrected chi connectivity index (χ3v) is 3.76. The van der Waals surface area contributed by atoms with Crippen molar-refractivity contribution < 1.29 is 14.6 Å². The quantitative estimate of drug-likeness (QED) is 0.900. The Morgan fingerprint density at radius 3 is 2.80 bits per heavy atom. The first-order valence-electron chi connectivity index (χ1n) is 6.92. The Bertz CT molecular complexity index is 458. The van der Waals surface area contributed by atoms with Crippen molar-refractivity contribution in [3.05, 3.63) is 29.8 Å². The van der Waals surface area contributed by atoms with Crippen LogP contribution >= 0.6 is 0 Å². The zero-order valence-electron chi connectivity index (χ0n) is 12.1. The van der Waals surface area contributed by atoms with Gasteiger partial charge in [0.15, 0.2) is 0 Å². The van der Waals surface area contributed by atoms with Crippen LogP contribution < -0.4 is 0 Å². The number of morpholine rings is 1. The van der Waals surface area contributed by atoms with E-state index in [1.54, 1.807) is 12.1 Å². The predicted octanol–water partition coefficient (Wildman–Crippen LogP) is 1.24. The van der Waals surface area contributed by atoms with Gasteiger partial charge in [0.25, 0.3) is 0 Å². The number of aromatic hydroxyl groups is 1. The highest BCUT2D eigenvalue weighted by atomic mass is 16.5. The molecule has 20 heavy (non-hydrogen) atoms. The van der Waals surface area contributed by atoms with Gasteiger partial charge in [0.1, 0.15) is 5.75 Å². The van der Waals surface area contributed by atoms with Crippen LogP contribution in [0.3, 0.4) is 0 Å². The molecule has 1 aliphatic rings. The summed E-state index contributed by atoms with van der Waals surface area (Å²) in [6.45, 7) is 4.99. The standard InChI is InChI=1S/C15H22N2O3/c1-12(13-4-3-5-14(18)10-13)16(2)11-15(19)17-6-8-20-9-7-17/h3-5,10,12,18H,6-9,11H2,1-2H3/t12-/m1/s1. The van der Waals surface area contributed by atoms with Crippen molar-refractivity contribution in [3.8, 4) is 5.75 Å². The van der Waals surface area contributed by atoms with Crippen LogP contribution in [0.5, 0.6) is 5.75 Å². The number of rotatable bonds is 4. The first-order valence-corrected chi connectivity index (χ1v) is 6.92. The molecule has 1 N–H and O–H groups in total. The number of ether oxygens (including phenoxy) is 1. The minimum Gasteiger partial charge on any atom is -0.508 e. The summed E-state index contributed by atoms with van der Waals surface area (Å²) < 4.78 is 5.25. The van der Waals surface area contributed by atoms with E-state index >= 15 is 0 Å². The van der Waals surface area contributed by atoms with Crippen molar-refractivity contribution in [2.75, 3.05) is 39.9 Å². The summed E-state index contributed by atoms with van der Waals surface area (Å²) in [5.74, 6) is 0.380. The molecule has 1 amide bonds. The van der Waals surface area contributed by atoms with Gasteiger partial charge < -0.3 is 14.7 Å². The molecule has 0 aromatic heterocycles. The molecule has 5 nitrogen and oxygen atoms in total. The molecule has 1 saturated heterocycles. The fraction of sp³-hybridized carbons (Fsp3) is 0.533. The van der Waals surface area contributed by atoms with Crippen LogP contribution in [0.25, 0.3) is 0 Å². The molecule has 1 fully saturated rings. The molecule has 0 saturated carbocycles. The fourth-order valence-corrected chi connectivity index (χ4v) is 2.30. The summed E-state index contributed by atoms with van der Waals surface area (Å²) in [6.07, 6.45) is 0. The Morgan fingerprint density at radius 2 is 2.15 bits per heavy atom. The molecular formula is C15H22N2O3. The molecular weight excluding hydrogens is 256 g/mol. The molecule has 0 aliphatic carbocycles. The van der Waals surface area contributed by atoms with Gasteiger partial charge in [-0.2, -0.15) is 0 Å². The maximum atomic E-state index is 12.2. The second-order valence-electron chi connectivity index (χ2n) is 5.18. The van der Waals surface area contributed by atoms with E-state index in [-0.39, 0.29) is 17.7 Å². The molecule has 5 heteroatoms. The molecule has 110 valence electrons. The summed E-state index contributed by atoms with van der Waals surface area (Å²) in [5, 5.41) is 9.52. The third-order valence-electron chi connectivity index (χ3n) is 3.76. The van der Waals surface area contributed by atoms with Gasteiger partial charge in [-0.1, -0.05) is 12.1 Å². The van der Waals surface area contributed by atoms with Crippen molar-refractivity contribution in [1.29, 1.82) is 0 Å². The van der Waals surface area contributed by atoms with Gasteiger partial charge in [-0.25, -0.2) is 0 Å². The number of carbonyl (C=O) groups is 1. The number of nitrogens with zero attached hydrogens (tertiary/aromatic N) is 2. The van der Waals surface area contributed by atoms with Crippen molar-refractivity contribution in [3.63, 3.8) is 0 Å². The molecule has 0 spiro atoms. The van der Waals surface area contributed by atoms with Gasteiger partial charge >= 0.3 is 0 Å². The second-order valence-corrected chi connectivity index (χ2v) is 5.18. The van der Waals surface area contributed by atoms with Gasteiger partial charge in [0.2, 0.25) is 5.91 Å². The zero-order chi connectivity index (χ0) is 14.5. The topological polar surface area (TPSA) is 53.0 Å². The maximum Gasteiger partial charge on any atom is 0.236 e. The van der Waals surface area contributed by atoms with Gasteiger partial charge in [0.05, 0.1) is 19.8 Å². The van der Waals surface area contributed by atoms with Crippen molar-refractivity contribution in [2.24, 2.45) is 0 Å². The lowest BCUT2D eigenvalue weighted by molar-refractivity contribution is -0.136. The monoisotopic (exact) mass is 278 g/mol. The van der Waals surface area contributed by atoms with E-state index in [1.165, 1.54) is 0 Å².